The lowest BCUT2D eigenvalue weighted by molar-refractivity contribution is 0.0516. The Morgan fingerprint density at radius 2 is 1.76 bits per heavy atom. The lowest BCUT2D eigenvalue weighted by Gasteiger charge is -2.30. The minimum absolute atomic E-state index is 0.0110. The maximum absolute atomic E-state index is 15.6. The number of amides is 2. The van der Waals surface area contributed by atoms with Gasteiger partial charge in [-0.2, -0.15) is 5.10 Å². The molecule has 0 bridgehead atoms. The summed E-state index contributed by atoms with van der Waals surface area (Å²) >= 11 is 0. The number of hydrogen-bond donors (Lipinski definition) is 0. The van der Waals surface area contributed by atoms with E-state index in [0.29, 0.717) is 17.0 Å². The van der Waals surface area contributed by atoms with E-state index >= 15 is 4.39 Å². The molecule has 3 aromatic rings. The maximum atomic E-state index is 15.6. The summed E-state index contributed by atoms with van der Waals surface area (Å²) in [7, 11) is 3.02. The number of aromatic nitrogens is 2. The van der Waals surface area contributed by atoms with E-state index in [9.17, 15) is 14.4 Å². The molecule has 0 saturated heterocycles. The normalized spacial score (nSPS) is 13.0. The summed E-state index contributed by atoms with van der Waals surface area (Å²) in [5.41, 5.74) is 0.707. The number of methoxy groups -OCH3 is 2. The Morgan fingerprint density at radius 3 is 2.36 bits per heavy atom. The van der Waals surface area contributed by atoms with Crippen molar-refractivity contribution in [1.82, 2.24) is 9.78 Å². The highest BCUT2D eigenvalue weighted by Crippen LogP contribution is 2.32. The van der Waals surface area contributed by atoms with Gasteiger partial charge in [0.2, 0.25) is 0 Å². The van der Waals surface area contributed by atoms with Gasteiger partial charge in [-0.15, -0.1) is 0 Å². The zero-order chi connectivity index (χ0) is 30.6. The molecule has 2 aromatic carbocycles. The third-order valence-corrected chi connectivity index (χ3v) is 6.47. The number of ether oxygens (including phenoxy) is 4. The molecule has 1 aromatic heterocycles. The number of nitrogens with zero attached hydrogens (tertiary/aromatic N) is 4. The molecule has 4 rings (SSSR count). The van der Waals surface area contributed by atoms with Crippen molar-refractivity contribution in [1.29, 1.82) is 0 Å². The third-order valence-electron chi connectivity index (χ3n) is 6.47. The highest BCUT2D eigenvalue weighted by atomic mass is 19.1. The van der Waals surface area contributed by atoms with Crippen molar-refractivity contribution in [3.05, 3.63) is 65.2 Å². The zero-order valence-electron chi connectivity index (χ0n) is 24.6. The van der Waals surface area contributed by atoms with Crippen LogP contribution < -0.4 is 14.5 Å². The van der Waals surface area contributed by atoms with Crippen LogP contribution >= 0.6 is 0 Å². The van der Waals surface area contributed by atoms with Crippen LogP contribution in [0.3, 0.4) is 0 Å². The molecular weight excluding hydrogens is 547 g/mol. The quantitative estimate of drug-likeness (QED) is 0.331. The fourth-order valence-corrected chi connectivity index (χ4v) is 4.57. The maximum Gasteiger partial charge on any atom is 0.414 e. The van der Waals surface area contributed by atoms with Gasteiger partial charge in [-0.05, 0) is 76.6 Å². The van der Waals surface area contributed by atoms with E-state index in [0.717, 1.165) is 4.90 Å². The largest absolute Gasteiger partial charge is 0.497 e. The first-order valence-corrected chi connectivity index (χ1v) is 13.5. The van der Waals surface area contributed by atoms with Crippen molar-refractivity contribution >= 4 is 29.3 Å². The SMILES string of the molecule is CCOC(=O)c1nn(-c2ccc(OC)cc2)c2c1CCN(c1ccc(N(CCOC)C(=O)OC(C)(C)C)c(F)c1)C2=O. The first-order chi connectivity index (χ1) is 20.0. The molecule has 2 heterocycles. The number of rotatable bonds is 9. The molecule has 11 nitrogen and oxygen atoms in total. The smallest absolute Gasteiger partial charge is 0.414 e. The van der Waals surface area contributed by atoms with E-state index < -0.39 is 29.4 Å². The van der Waals surface area contributed by atoms with Gasteiger partial charge in [-0.25, -0.2) is 18.7 Å². The molecule has 0 atom stereocenters. The summed E-state index contributed by atoms with van der Waals surface area (Å²) in [6, 6.07) is 11.0. The monoisotopic (exact) mass is 582 g/mol. The molecule has 0 aliphatic carbocycles. The van der Waals surface area contributed by atoms with Gasteiger partial charge in [0, 0.05) is 24.9 Å². The van der Waals surface area contributed by atoms with Gasteiger partial charge in [0.15, 0.2) is 5.69 Å². The van der Waals surface area contributed by atoms with Crippen molar-refractivity contribution in [3.8, 4) is 11.4 Å². The summed E-state index contributed by atoms with van der Waals surface area (Å²) in [6.07, 6.45) is -0.438. The average Bonchev–Trinajstić information content (AvgIpc) is 3.34. The summed E-state index contributed by atoms with van der Waals surface area (Å²) in [6.45, 7) is 7.40. The van der Waals surface area contributed by atoms with Gasteiger partial charge in [0.25, 0.3) is 5.91 Å². The van der Waals surface area contributed by atoms with Gasteiger partial charge in [-0.1, -0.05) is 0 Å². The second kappa shape index (κ2) is 12.6. The van der Waals surface area contributed by atoms with Crippen LogP contribution in [-0.2, 0) is 20.6 Å². The third kappa shape index (κ3) is 6.38. The number of hydrogen-bond acceptors (Lipinski definition) is 8. The molecule has 42 heavy (non-hydrogen) atoms. The average molecular weight is 583 g/mol. The fourth-order valence-electron chi connectivity index (χ4n) is 4.57. The number of carbonyl (C=O) groups excluding carboxylic acids is 3. The van der Waals surface area contributed by atoms with Crippen molar-refractivity contribution in [2.75, 3.05) is 50.3 Å². The molecule has 224 valence electrons. The van der Waals surface area contributed by atoms with Gasteiger partial charge in [-0.3, -0.25) is 9.69 Å². The van der Waals surface area contributed by atoms with Gasteiger partial charge in [0.1, 0.15) is 22.9 Å². The molecular formula is C30H35FN4O7. The minimum atomic E-state index is -0.786. The Labute approximate surface area is 243 Å². The van der Waals surface area contributed by atoms with Crippen LogP contribution in [0.4, 0.5) is 20.6 Å². The number of benzene rings is 2. The Morgan fingerprint density at radius 1 is 1.07 bits per heavy atom. The van der Waals surface area contributed by atoms with Crippen molar-refractivity contribution in [2.45, 2.75) is 39.7 Å². The molecule has 2 amide bonds. The van der Waals surface area contributed by atoms with Crippen LogP contribution in [0.15, 0.2) is 42.5 Å². The predicted molar refractivity (Wildman–Crippen MR) is 153 cm³/mol. The molecule has 0 spiro atoms. The molecule has 12 heteroatoms. The number of halogens is 1. The van der Waals surface area contributed by atoms with Gasteiger partial charge >= 0.3 is 12.1 Å². The van der Waals surface area contributed by atoms with E-state index in [1.54, 1.807) is 65.1 Å². The first-order valence-electron chi connectivity index (χ1n) is 13.5. The number of anilines is 2. The van der Waals surface area contributed by atoms with E-state index in [-0.39, 0.29) is 55.5 Å². The van der Waals surface area contributed by atoms with E-state index in [1.165, 1.54) is 28.8 Å². The van der Waals surface area contributed by atoms with Crippen molar-refractivity contribution in [2.24, 2.45) is 0 Å². The number of carbonyl (C=O) groups is 3. The lowest BCUT2D eigenvalue weighted by atomic mass is 10.0. The van der Waals surface area contributed by atoms with Gasteiger partial charge in [0.05, 0.1) is 38.2 Å². The van der Waals surface area contributed by atoms with Crippen LogP contribution in [0.25, 0.3) is 5.69 Å². The van der Waals surface area contributed by atoms with Crippen molar-refractivity contribution in [3.63, 3.8) is 0 Å². The second-order valence-electron chi connectivity index (χ2n) is 10.5. The fraction of sp³-hybridized carbons (Fsp3) is 0.400. The van der Waals surface area contributed by atoms with Gasteiger partial charge < -0.3 is 23.8 Å². The van der Waals surface area contributed by atoms with E-state index in [4.69, 9.17) is 18.9 Å². The highest BCUT2D eigenvalue weighted by Gasteiger charge is 2.36. The van der Waals surface area contributed by atoms with Crippen molar-refractivity contribution < 1.29 is 37.7 Å². The van der Waals surface area contributed by atoms with E-state index in [1.807, 2.05) is 0 Å². The summed E-state index contributed by atoms with van der Waals surface area (Å²) in [5, 5.41) is 4.46. The molecule has 0 unspecified atom stereocenters. The molecule has 0 saturated carbocycles. The number of esters is 1. The highest BCUT2D eigenvalue weighted by molar-refractivity contribution is 6.09. The Kier molecular flexibility index (Phi) is 9.15. The Hall–Kier alpha value is -4.45. The van der Waals surface area contributed by atoms with E-state index in [2.05, 4.69) is 5.10 Å². The van der Waals surface area contributed by atoms with Crippen LogP contribution in [0.2, 0.25) is 0 Å². The number of fused-ring (bicyclic) bond motifs is 1. The standard InChI is InChI=1S/C30H35FN4O7/c1-7-41-28(37)25-22-14-15-33(27(36)26(22)35(32-25)19-8-11-21(40-6)12-9-19)20-10-13-24(23(31)18-20)34(16-17-39-5)29(38)42-30(2,3)4/h8-13,18H,7,14-17H2,1-6H3. The van der Waals surface area contributed by atoms with Crippen LogP contribution in [0.5, 0.6) is 5.75 Å². The van der Waals surface area contributed by atoms with Crippen LogP contribution in [0, 0.1) is 5.82 Å². The minimum Gasteiger partial charge on any atom is -0.497 e. The lowest BCUT2D eigenvalue weighted by Crippen LogP contribution is -2.40. The first kappa shape index (κ1) is 30.5. The zero-order valence-corrected chi connectivity index (χ0v) is 24.6. The second-order valence-corrected chi connectivity index (χ2v) is 10.5. The van der Waals surface area contributed by atoms with Crippen LogP contribution in [-0.4, -0.2) is 73.9 Å². The Bertz CT molecular complexity index is 1460. The Balaban J connectivity index is 1.71. The molecule has 0 radical (unpaired) electrons. The molecule has 0 N–H and O–H groups in total. The topological polar surface area (TPSA) is 112 Å². The summed E-state index contributed by atoms with van der Waals surface area (Å²) in [4.78, 5) is 42.1. The molecule has 1 aliphatic rings. The molecule has 1 aliphatic heterocycles. The predicted octanol–water partition coefficient (Wildman–Crippen LogP) is 4.79. The summed E-state index contributed by atoms with van der Waals surface area (Å²) < 4.78 is 38.0. The summed E-state index contributed by atoms with van der Waals surface area (Å²) in [5.74, 6) is -1.20. The van der Waals surface area contributed by atoms with Crippen LogP contribution in [0.1, 0.15) is 54.2 Å². The molecule has 0 fully saturated rings.